The Kier molecular flexibility index (Phi) is 3.13. The minimum Gasteiger partial charge on any atom is -0.441 e. The Hall–Kier alpha value is -3.13. The van der Waals surface area contributed by atoms with E-state index in [0.29, 0.717) is 28.3 Å². The maximum atomic E-state index is 12.1. The average molecular weight is 277 g/mol. The highest BCUT2D eigenvalue weighted by atomic mass is 16.3. The summed E-state index contributed by atoms with van der Waals surface area (Å²) in [6, 6.07) is 13.8. The van der Waals surface area contributed by atoms with Crippen molar-refractivity contribution in [3.63, 3.8) is 0 Å². The van der Waals surface area contributed by atoms with E-state index < -0.39 is 0 Å². The Balaban J connectivity index is 1.83. The number of hydrogen-bond donors (Lipinski definition) is 1. The summed E-state index contributed by atoms with van der Waals surface area (Å²) in [5, 5.41) is 11.5. The highest BCUT2D eigenvalue weighted by molar-refractivity contribution is 6.04. The Morgan fingerprint density at radius 2 is 2.00 bits per heavy atom. The number of fused-ring (bicyclic) bond motifs is 1. The van der Waals surface area contributed by atoms with E-state index in [-0.39, 0.29) is 5.91 Å². The predicted octanol–water partition coefficient (Wildman–Crippen LogP) is 3.26. The van der Waals surface area contributed by atoms with Gasteiger partial charge in [0.25, 0.3) is 5.91 Å². The second kappa shape index (κ2) is 5.10. The van der Waals surface area contributed by atoms with E-state index in [1.165, 1.54) is 0 Å². The zero-order valence-electron chi connectivity index (χ0n) is 11.3. The van der Waals surface area contributed by atoms with Gasteiger partial charge in [-0.15, -0.1) is 0 Å². The number of amides is 1. The van der Waals surface area contributed by atoms with Crippen LogP contribution in [0.1, 0.15) is 21.8 Å². The summed E-state index contributed by atoms with van der Waals surface area (Å²) in [5.74, 6) is 0.343. The lowest BCUT2D eigenvalue weighted by atomic mass is 10.1. The molecule has 0 fully saturated rings. The maximum absolute atomic E-state index is 12.1. The van der Waals surface area contributed by atoms with Crippen LogP contribution in [0.2, 0.25) is 0 Å². The molecule has 0 bridgehead atoms. The first-order valence-corrected chi connectivity index (χ1v) is 6.34. The van der Waals surface area contributed by atoms with Crippen molar-refractivity contribution in [2.45, 2.75) is 6.92 Å². The molecule has 0 spiro atoms. The third-order valence-electron chi connectivity index (χ3n) is 3.03. The maximum Gasteiger partial charge on any atom is 0.255 e. The highest BCUT2D eigenvalue weighted by Crippen LogP contribution is 2.20. The fourth-order valence-electron chi connectivity index (χ4n) is 2.02. The molecular formula is C16H11N3O2. The van der Waals surface area contributed by atoms with Gasteiger partial charge in [0, 0.05) is 24.2 Å². The van der Waals surface area contributed by atoms with Gasteiger partial charge in [-0.1, -0.05) is 0 Å². The van der Waals surface area contributed by atoms with E-state index in [9.17, 15) is 4.79 Å². The van der Waals surface area contributed by atoms with E-state index >= 15 is 0 Å². The van der Waals surface area contributed by atoms with E-state index in [4.69, 9.17) is 9.68 Å². The van der Waals surface area contributed by atoms with E-state index in [1.807, 2.05) is 6.07 Å². The third kappa shape index (κ3) is 2.60. The van der Waals surface area contributed by atoms with Gasteiger partial charge in [0.2, 0.25) is 0 Å². The van der Waals surface area contributed by atoms with Crippen molar-refractivity contribution in [3.05, 3.63) is 59.5 Å². The molecule has 0 aliphatic heterocycles. The van der Waals surface area contributed by atoms with Crippen molar-refractivity contribution < 1.29 is 9.21 Å². The van der Waals surface area contributed by atoms with Crippen molar-refractivity contribution in [3.8, 4) is 6.07 Å². The number of nitrogens with zero attached hydrogens (tertiary/aromatic N) is 2. The molecule has 3 rings (SSSR count). The first-order valence-electron chi connectivity index (χ1n) is 6.34. The molecule has 0 aliphatic carbocycles. The standard InChI is InChI=1S/C16H11N3O2/c1-10-18-14-7-6-13(8-15(14)21-10)19-16(20)12-4-2-11(9-17)3-5-12/h2-8H,1H3,(H,19,20). The summed E-state index contributed by atoms with van der Waals surface area (Å²) in [6.07, 6.45) is 0. The fourth-order valence-corrected chi connectivity index (χ4v) is 2.02. The second-order valence-electron chi connectivity index (χ2n) is 4.56. The van der Waals surface area contributed by atoms with Crippen molar-refractivity contribution in [2.75, 3.05) is 5.32 Å². The quantitative estimate of drug-likeness (QED) is 0.779. The number of aryl methyl sites for hydroxylation is 1. The number of aromatic nitrogens is 1. The number of carbonyl (C=O) groups is 1. The van der Waals surface area contributed by atoms with Gasteiger partial charge < -0.3 is 9.73 Å². The number of benzene rings is 2. The van der Waals surface area contributed by atoms with Gasteiger partial charge in [-0.25, -0.2) is 4.98 Å². The van der Waals surface area contributed by atoms with Crippen molar-refractivity contribution >= 4 is 22.7 Å². The van der Waals surface area contributed by atoms with Crippen LogP contribution in [0.15, 0.2) is 46.9 Å². The molecule has 1 heterocycles. The minimum absolute atomic E-state index is 0.241. The SMILES string of the molecule is Cc1nc2ccc(NC(=O)c3ccc(C#N)cc3)cc2o1. The predicted molar refractivity (Wildman–Crippen MR) is 77.9 cm³/mol. The number of carbonyl (C=O) groups excluding carboxylic acids is 1. The molecule has 5 nitrogen and oxygen atoms in total. The average Bonchev–Trinajstić information content (AvgIpc) is 2.86. The Morgan fingerprint density at radius 1 is 1.24 bits per heavy atom. The van der Waals surface area contributed by atoms with E-state index in [1.54, 1.807) is 49.4 Å². The fraction of sp³-hybridized carbons (Fsp3) is 0.0625. The summed E-state index contributed by atoms with van der Waals surface area (Å²) in [6.45, 7) is 1.77. The minimum atomic E-state index is -0.241. The summed E-state index contributed by atoms with van der Waals surface area (Å²) >= 11 is 0. The summed E-state index contributed by atoms with van der Waals surface area (Å²) in [4.78, 5) is 16.3. The molecule has 0 atom stereocenters. The molecule has 1 N–H and O–H groups in total. The second-order valence-corrected chi connectivity index (χ2v) is 4.56. The monoisotopic (exact) mass is 277 g/mol. The number of oxazole rings is 1. The lowest BCUT2D eigenvalue weighted by Crippen LogP contribution is -2.11. The number of nitriles is 1. The number of rotatable bonds is 2. The molecule has 102 valence electrons. The third-order valence-corrected chi connectivity index (χ3v) is 3.03. The number of nitrogens with one attached hydrogen (secondary N) is 1. The molecule has 0 saturated carbocycles. The lowest BCUT2D eigenvalue weighted by Gasteiger charge is -2.04. The van der Waals surface area contributed by atoms with Crippen LogP contribution in [0.4, 0.5) is 5.69 Å². The first kappa shape index (κ1) is 12.9. The topological polar surface area (TPSA) is 78.9 Å². The van der Waals surface area contributed by atoms with Gasteiger partial charge in [0.05, 0.1) is 11.6 Å². The molecule has 5 heteroatoms. The summed E-state index contributed by atoms with van der Waals surface area (Å²) in [7, 11) is 0. The summed E-state index contributed by atoms with van der Waals surface area (Å²) in [5.41, 5.74) is 3.02. The van der Waals surface area contributed by atoms with Crippen molar-refractivity contribution in [1.29, 1.82) is 5.26 Å². The molecule has 1 amide bonds. The van der Waals surface area contributed by atoms with Gasteiger partial charge in [-0.05, 0) is 36.4 Å². The van der Waals surface area contributed by atoms with Crippen LogP contribution in [0, 0.1) is 18.3 Å². The van der Waals surface area contributed by atoms with Crippen LogP contribution >= 0.6 is 0 Å². The lowest BCUT2D eigenvalue weighted by molar-refractivity contribution is 0.102. The van der Waals surface area contributed by atoms with Crippen molar-refractivity contribution in [1.82, 2.24) is 4.98 Å². The summed E-state index contributed by atoms with van der Waals surface area (Å²) < 4.78 is 5.43. The Bertz CT molecular complexity index is 857. The number of anilines is 1. The largest absolute Gasteiger partial charge is 0.441 e. The van der Waals surface area contributed by atoms with Gasteiger partial charge in [0.15, 0.2) is 11.5 Å². The molecule has 2 aromatic carbocycles. The molecule has 1 aromatic heterocycles. The van der Waals surface area contributed by atoms with Crippen LogP contribution < -0.4 is 5.32 Å². The van der Waals surface area contributed by atoms with Crippen molar-refractivity contribution in [2.24, 2.45) is 0 Å². The van der Waals surface area contributed by atoms with E-state index in [2.05, 4.69) is 10.3 Å². The zero-order valence-corrected chi connectivity index (χ0v) is 11.3. The van der Waals surface area contributed by atoms with Gasteiger partial charge in [-0.3, -0.25) is 4.79 Å². The Labute approximate surface area is 120 Å². The smallest absolute Gasteiger partial charge is 0.255 e. The van der Waals surface area contributed by atoms with Crippen LogP contribution in [0.25, 0.3) is 11.1 Å². The van der Waals surface area contributed by atoms with Crippen LogP contribution in [-0.2, 0) is 0 Å². The molecular weight excluding hydrogens is 266 g/mol. The molecule has 0 unspecified atom stereocenters. The molecule has 0 aliphatic rings. The molecule has 3 aromatic rings. The molecule has 21 heavy (non-hydrogen) atoms. The molecule has 0 radical (unpaired) electrons. The van der Waals surface area contributed by atoms with Crippen LogP contribution in [0.3, 0.4) is 0 Å². The van der Waals surface area contributed by atoms with Crippen LogP contribution in [-0.4, -0.2) is 10.9 Å². The first-order chi connectivity index (χ1) is 10.2. The Morgan fingerprint density at radius 3 is 2.71 bits per heavy atom. The van der Waals surface area contributed by atoms with Gasteiger partial charge in [0.1, 0.15) is 5.52 Å². The van der Waals surface area contributed by atoms with Gasteiger partial charge >= 0.3 is 0 Å². The van der Waals surface area contributed by atoms with Gasteiger partial charge in [-0.2, -0.15) is 5.26 Å². The zero-order chi connectivity index (χ0) is 14.8. The number of hydrogen-bond acceptors (Lipinski definition) is 4. The van der Waals surface area contributed by atoms with E-state index in [0.717, 1.165) is 5.52 Å². The normalized spacial score (nSPS) is 10.3. The molecule has 0 saturated heterocycles. The van der Waals surface area contributed by atoms with Crippen LogP contribution in [0.5, 0.6) is 0 Å². The highest BCUT2D eigenvalue weighted by Gasteiger charge is 2.08.